The highest BCUT2D eigenvalue weighted by molar-refractivity contribution is 6.00. The van der Waals surface area contributed by atoms with Crippen LogP contribution < -0.4 is 5.32 Å². The van der Waals surface area contributed by atoms with Crippen LogP contribution in [0.1, 0.15) is 18.4 Å². The molecule has 3 aromatic rings. The molecule has 0 spiro atoms. The van der Waals surface area contributed by atoms with Crippen LogP contribution in [0.3, 0.4) is 0 Å². The molecule has 1 aromatic carbocycles. The van der Waals surface area contributed by atoms with E-state index < -0.39 is 5.82 Å². The smallest absolute Gasteiger partial charge is 0.158 e. The van der Waals surface area contributed by atoms with Gasteiger partial charge in [-0.05, 0) is 57.1 Å². The number of rotatable bonds is 3. The minimum absolute atomic E-state index is 0.0632. The number of pyridine rings is 1. The van der Waals surface area contributed by atoms with Gasteiger partial charge in [0.15, 0.2) is 5.82 Å². The molecule has 0 unspecified atom stereocenters. The van der Waals surface area contributed by atoms with Gasteiger partial charge < -0.3 is 15.3 Å². The van der Waals surface area contributed by atoms with Crippen molar-refractivity contribution < 1.29 is 9.50 Å². The summed E-state index contributed by atoms with van der Waals surface area (Å²) in [5.74, 6) is -0.0294. The number of phenols is 1. The first-order valence-electron chi connectivity index (χ1n) is 9.08. The van der Waals surface area contributed by atoms with Crippen LogP contribution in [0.5, 0.6) is 5.75 Å². The van der Waals surface area contributed by atoms with E-state index in [-0.39, 0.29) is 17.4 Å². The molecule has 140 valence electrons. The van der Waals surface area contributed by atoms with Crippen molar-refractivity contribution in [2.24, 2.45) is 0 Å². The summed E-state index contributed by atoms with van der Waals surface area (Å²) in [6.07, 6.45) is 5.52. The fourth-order valence-electron chi connectivity index (χ4n) is 3.72. The highest BCUT2D eigenvalue weighted by atomic mass is 19.1. The van der Waals surface area contributed by atoms with Crippen LogP contribution in [-0.4, -0.2) is 51.4 Å². The Morgan fingerprint density at radius 3 is 2.89 bits per heavy atom. The van der Waals surface area contributed by atoms with Gasteiger partial charge in [0.1, 0.15) is 17.3 Å². The third kappa shape index (κ3) is 3.42. The summed E-state index contributed by atoms with van der Waals surface area (Å²) in [5, 5.41) is 23.8. The van der Waals surface area contributed by atoms with Crippen molar-refractivity contribution in [2.45, 2.75) is 25.8 Å². The zero-order valence-corrected chi connectivity index (χ0v) is 15.4. The molecule has 0 radical (unpaired) electrons. The number of fused-ring (bicyclic) bond motifs is 1. The normalized spacial score (nSPS) is 18.0. The Kier molecular flexibility index (Phi) is 4.61. The predicted octanol–water partition coefficient (Wildman–Crippen LogP) is 3.35. The Hall–Kier alpha value is -2.80. The van der Waals surface area contributed by atoms with Crippen LogP contribution in [0.15, 0.2) is 30.6 Å². The van der Waals surface area contributed by atoms with Gasteiger partial charge in [0.2, 0.25) is 0 Å². The van der Waals surface area contributed by atoms with Crippen molar-refractivity contribution in [2.75, 3.05) is 25.5 Å². The Morgan fingerprint density at radius 1 is 1.26 bits per heavy atom. The van der Waals surface area contributed by atoms with Gasteiger partial charge in [0.25, 0.3) is 0 Å². The second-order valence-electron chi connectivity index (χ2n) is 7.21. The molecule has 1 saturated heterocycles. The monoisotopic (exact) mass is 367 g/mol. The number of piperidine rings is 1. The van der Waals surface area contributed by atoms with Crippen molar-refractivity contribution in [1.29, 1.82) is 0 Å². The van der Waals surface area contributed by atoms with Gasteiger partial charge in [-0.3, -0.25) is 4.98 Å². The van der Waals surface area contributed by atoms with Crippen molar-refractivity contribution in [1.82, 2.24) is 20.1 Å². The summed E-state index contributed by atoms with van der Waals surface area (Å²) >= 11 is 0. The third-order valence-corrected chi connectivity index (χ3v) is 5.00. The highest BCUT2D eigenvalue weighted by Gasteiger charge is 2.21. The minimum atomic E-state index is -0.519. The van der Waals surface area contributed by atoms with Gasteiger partial charge in [-0.2, -0.15) is 0 Å². The van der Waals surface area contributed by atoms with Gasteiger partial charge in [-0.1, -0.05) is 0 Å². The molecular formula is C20H22FN5O. The van der Waals surface area contributed by atoms with Crippen molar-refractivity contribution in [3.05, 3.63) is 42.0 Å². The average Bonchev–Trinajstić information content (AvgIpc) is 2.62. The molecule has 27 heavy (non-hydrogen) atoms. The van der Waals surface area contributed by atoms with E-state index in [1.807, 2.05) is 0 Å². The molecule has 1 fully saturated rings. The fraction of sp³-hybridized carbons (Fsp3) is 0.350. The number of likely N-dealkylation sites (N-methyl/N-ethyl adjacent to an activating group) is 1. The second kappa shape index (κ2) is 7.08. The van der Waals surface area contributed by atoms with Crippen LogP contribution in [0, 0.1) is 12.7 Å². The summed E-state index contributed by atoms with van der Waals surface area (Å²) in [7, 11) is 2.10. The van der Waals surface area contributed by atoms with E-state index in [9.17, 15) is 9.50 Å². The first-order valence-corrected chi connectivity index (χ1v) is 9.08. The Balaban J connectivity index is 1.79. The molecule has 7 heteroatoms. The van der Waals surface area contributed by atoms with Crippen LogP contribution in [0.25, 0.3) is 22.0 Å². The Bertz CT molecular complexity index is 970. The van der Waals surface area contributed by atoms with E-state index in [4.69, 9.17) is 0 Å². The van der Waals surface area contributed by atoms with Crippen LogP contribution >= 0.6 is 0 Å². The molecule has 0 aliphatic carbocycles. The lowest BCUT2D eigenvalue weighted by molar-refractivity contribution is 0.261. The molecule has 0 amide bonds. The van der Waals surface area contributed by atoms with Crippen molar-refractivity contribution in [3.8, 4) is 17.0 Å². The number of hydrogen-bond donors (Lipinski definition) is 2. The van der Waals surface area contributed by atoms with Gasteiger partial charge in [-0.15, -0.1) is 10.2 Å². The third-order valence-electron chi connectivity index (χ3n) is 5.00. The van der Waals surface area contributed by atoms with Gasteiger partial charge in [-0.25, -0.2) is 4.39 Å². The summed E-state index contributed by atoms with van der Waals surface area (Å²) in [6.45, 7) is 3.75. The Morgan fingerprint density at radius 2 is 2.11 bits per heavy atom. The topological polar surface area (TPSA) is 74.2 Å². The number of phenolic OH excluding ortho intramolecular Hbond substituents is 1. The molecule has 3 heterocycles. The predicted molar refractivity (Wildman–Crippen MR) is 103 cm³/mol. The zero-order valence-electron chi connectivity index (χ0n) is 15.4. The van der Waals surface area contributed by atoms with Crippen molar-refractivity contribution in [3.63, 3.8) is 0 Å². The van der Waals surface area contributed by atoms with Crippen LogP contribution in [0.2, 0.25) is 0 Å². The van der Waals surface area contributed by atoms with E-state index >= 15 is 0 Å². The maximum Gasteiger partial charge on any atom is 0.158 e. The number of benzene rings is 1. The lowest BCUT2D eigenvalue weighted by Crippen LogP contribution is -2.40. The number of nitrogens with zero attached hydrogens (tertiary/aromatic N) is 4. The number of likely N-dealkylation sites (tertiary alicyclic amines) is 1. The summed E-state index contributed by atoms with van der Waals surface area (Å²) in [4.78, 5) is 6.48. The van der Waals surface area contributed by atoms with Gasteiger partial charge in [0, 0.05) is 35.8 Å². The van der Waals surface area contributed by atoms with E-state index in [1.54, 1.807) is 25.4 Å². The van der Waals surface area contributed by atoms with E-state index in [0.717, 1.165) is 31.3 Å². The molecule has 0 saturated carbocycles. The largest absolute Gasteiger partial charge is 0.507 e. The fourth-order valence-corrected chi connectivity index (χ4v) is 3.72. The Labute approximate surface area is 157 Å². The molecule has 1 atom stereocenters. The number of aryl methyl sites for hydroxylation is 1. The molecule has 4 rings (SSSR count). The van der Waals surface area contributed by atoms with Gasteiger partial charge in [0.05, 0.1) is 5.56 Å². The first-order chi connectivity index (χ1) is 13.0. The number of halogens is 1. The summed E-state index contributed by atoms with van der Waals surface area (Å²) in [6, 6.07) is 4.96. The highest BCUT2D eigenvalue weighted by Crippen LogP contribution is 2.36. The van der Waals surface area contributed by atoms with Crippen molar-refractivity contribution >= 4 is 16.6 Å². The van der Waals surface area contributed by atoms with Crippen LogP contribution in [-0.2, 0) is 0 Å². The van der Waals surface area contributed by atoms with Gasteiger partial charge >= 0.3 is 0 Å². The first kappa shape index (κ1) is 17.6. The molecular weight excluding hydrogens is 345 g/mol. The van der Waals surface area contributed by atoms with Crippen LogP contribution in [0.4, 0.5) is 10.2 Å². The number of aromatic nitrogens is 3. The quantitative estimate of drug-likeness (QED) is 0.740. The standard InChI is InChI=1S/C20H22FN5O/c1-12-8-16(21)18(17(27)9-12)19-14-5-6-22-10-15(14)20(25-24-19)23-13-4-3-7-26(2)11-13/h5-6,8-10,13,27H,3-4,7,11H2,1-2H3,(H,23,25)/t13-/m1/s1. The SMILES string of the molecule is Cc1cc(O)c(-c2nnc(N[C@@H]3CCCN(C)C3)c3cnccc23)c(F)c1. The molecule has 2 N–H and O–H groups in total. The average molecular weight is 367 g/mol. The molecule has 1 aliphatic heterocycles. The van der Waals surface area contributed by atoms with E-state index in [1.165, 1.54) is 12.1 Å². The maximum absolute atomic E-state index is 14.6. The number of anilines is 1. The van der Waals surface area contributed by atoms with E-state index in [0.29, 0.717) is 22.5 Å². The number of nitrogens with one attached hydrogen (secondary N) is 1. The lowest BCUT2D eigenvalue weighted by Gasteiger charge is -2.30. The lowest BCUT2D eigenvalue weighted by atomic mass is 10.0. The minimum Gasteiger partial charge on any atom is -0.507 e. The maximum atomic E-state index is 14.6. The number of hydrogen-bond acceptors (Lipinski definition) is 6. The summed E-state index contributed by atoms with van der Waals surface area (Å²) < 4.78 is 14.6. The van der Waals surface area contributed by atoms with E-state index in [2.05, 4.69) is 32.4 Å². The molecule has 0 bridgehead atoms. The zero-order chi connectivity index (χ0) is 19.0. The summed E-state index contributed by atoms with van der Waals surface area (Å²) in [5.41, 5.74) is 1.02. The number of aromatic hydroxyl groups is 1. The molecule has 6 nitrogen and oxygen atoms in total. The second-order valence-corrected chi connectivity index (χ2v) is 7.21. The molecule has 1 aliphatic rings. The molecule has 2 aromatic heterocycles.